The van der Waals surface area contributed by atoms with Crippen LogP contribution in [0.4, 0.5) is 0 Å². The van der Waals surface area contributed by atoms with Crippen molar-refractivity contribution in [3.63, 3.8) is 0 Å². The third-order valence-corrected chi connectivity index (χ3v) is 5.31. The van der Waals surface area contributed by atoms with Crippen molar-refractivity contribution in [1.29, 1.82) is 0 Å². The van der Waals surface area contributed by atoms with Crippen LogP contribution in [0.15, 0.2) is 58.3 Å². The van der Waals surface area contributed by atoms with E-state index in [-0.39, 0.29) is 22.7 Å². The fraction of sp³-hybridized carbons (Fsp3) is 0.278. The number of carbonyl (C=O) groups excluding carboxylic acids is 1. The quantitative estimate of drug-likeness (QED) is 0.413. The third kappa shape index (κ3) is 6.37. The molecule has 24 heavy (non-hydrogen) atoms. The predicted octanol–water partition coefficient (Wildman–Crippen LogP) is 4.30. The number of carbonyl (C=O) groups is 1. The Labute approximate surface area is 150 Å². The molecule has 1 atom stereocenters. The number of esters is 1. The topological polar surface area (TPSA) is 66.8 Å². The normalized spacial score (nSPS) is 11.9. The van der Waals surface area contributed by atoms with Crippen molar-refractivity contribution in [3.8, 4) is 11.5 Å². The van der Waals surface area contributed by atoms with Gasteiger partial charge in [0.05, 0.1) is 6.61 Å². The van der Waals surface area contributed by atoms with Gasteiger partial charge in [0, 0.05) is 15.5 Å². The number of phenolic OH excluding ortho intramolecular Hbond substituents is 2. The fourth-order valence-electron chi connectivity index (χ4n) is 1.86. The van der Waals surface area contributed by atoms with Gasteiger partial charge in [0.2, 0.25) is 0 Å². The van der Waals surface area contributed by atoms with E-state index >= 15 is 0 Å². The molecular formula is C18H20O4S2. The van der Waals surface area contributed by atoms with E-state index in [1.165, 1.54) is 11.8 Å². The summed E-state index contributed by atoms with van der Waals surface area (Å²) in [5.74, 6) is 1.08. The van der Waals surface area contributed by atoms with Gasteiger partial charge in [-0.15, -0.1) is 23.5 Å². The number of thioether (sulfide) groups is 2. The van der Waals surface area contributed by atoms with E-state index in [0.29, 0.717) is 6.61 Å². The molecule has 4 nitrogen and oxygen atoms in total. The first-order valence-corrected chi connectivity index (χ1v) is 9.45. The van der Waals surface area contributed by atoms with Crippen LogP contribution in [0.25, 0.3) is 0 Å². The first kappa shape index (κ1) is 18.5. The van der Waals surface area contributed by atoms with Crippen LogP contribution >= 0.6 is 23.5 Å². The largest absolute Gasteiger partial charge is 0.508 e. The summed E-state index contributed by atoms with van der Waals surface area (Å²) in [6.45, 7) is 2.20. The van der Waals surface area contributed by atoms with Gasteiger partial charge < -0.3 is 14.9 Å². The van der Waals surface area contributed by atoms with Crippen LogP contribution < -0.4 is 0 Å². The molecule has 6 heteroatoms. The van der Waals surface area contributed by atoms with Crippen LogP contribution in [0, 0.1) is 0 Å². The summed E-state index contributed by atoms with van der Waals surface area (Å²) >= 11 is 3.07. The van der Waals surface area contributed by atoms with Crippen molar-refractivity contribution >= 4 is 29.5 Å². The summed E-state index contributed by atoms with van der Waals surface area (Å²) in [5.41, 5.74) is 0. The van der Waals surface area contributed by atoms with Gasteiger partial charge in [-0.05, 0) is 61.9 Å². The van der Waals surface area contributed by atoms with E-state index in [1.54, 1.807) is 48.2 Å². The van der Waals surface area contributed by atoms with Crippen LogP contribution in [0.1, 0.15) is 13.3 Å². The fourth-order valence-corrected chi connectivity index (χ4v) is 3.55. The summed E-state index contributed by atoms with van der Waals surface area (Å²) in [7, 11) is 0. The van der Waals surface area contributed by atoms with E-state index in [1.807, 2.05) is 19.1 Å². The summed E-state index contributed by atoms with van der Waals surface area (Å²) in [5, 5.41) is 18.2. The average molecular weight is 364 g/mol. The second-order valence-electron chi connectivity index (χ2n) is 5.12. The molecule has 0 aliphatic heterocycles. The molecule has 0 amide bonds. The maximum Gasteiger partial charge on any atom is 0.319 e. The number of aromatic hydroxyl groups is 2. The van der Waals surface area contributed by atoms with Gasteiger partial charge >= 0.3 is 5.97 Å². The highest BCUT2D eigenvalue weighted by Crippen LogP contribution is 2.26. The molecular weight excluding hydrogens is 344 g/mol. The number of hydrogen-bond donors (Lipinski definition) is 2. The van der Waals surface area contributed by atoms with Crippen LogP contribution in [-0.4, -0.2) is 33.8 Å². The van der Waals surface area contributed by atoms with Gasteiger partial charge in [-0.1, -0.05) is 0 Å². The van der Waals surface area contributed by atoms with Crippen LogP contribution in [0.2, 0.25) is 0 Å². The second kappa shape index (κ2) is 9.49. The Morgan fingerprint density at radius 3 is 2.12 bits per heavy atom. The highest BCUT2D eigenvalue weighted by molar-refractivity contribution is 8.00. The Morgan fingerprint density at radius 1 is 1.00 bits per heavy atom. The summed E-state index contributed by atoms with van der Waals surface area (Å²) < 4.78 is 5.29. The highest BCUT2D eigenvalue weighted by atomic mass is 32.2. The molecule has 0 heterocycles. The zero-order valence-corrected chi connectivity index (χ0v) is 15.0. The van der Waals surface area contributed by atoms with Crippen molar-refractivity contribution in [3.05, 3.63) is 48.5 Å². The molecule has 128 valence electrons. The summed E-state index contributed by atoms with van der Waals surface area (Å²) in [4.78, 5) is 14.0. The SMILES string of the molecule is CC(Sc1ccc(O)cc1)C(=O)OCCCSc1ccc(O)cc1. The van der Waals surface area contributed by atoms with Crippen molar-refractivity contribution in [1.82, 2.24) is 0 Å². The van der Waals surface area contributed by atoms with Crippen LogP contribution in [0.3, 0.4) is 0 Å². The molecule has 0 saturated heterocycles. The van der Waals surface area contributed by atoms with Crippen LogP contribution in [0.5, 0.6) is 11.5 Å². The summed E-state index contributed by atoms with van der Waals surface area (Å²) in [6, 6.07) is 13.8. The lowest BCUT2D eigenvalue weighted by Crippen LogP contribution is -2.17. The maximum absolute atomic E-state index is 12.0. The van der Waals surface area contributed by atoms with Gasteiger partial charge in [-0.3, -0.25) is 4.79 Å². The standard InChI is InChI=1S/C18H20O4S2/c1-13(24-17-9-5-15(20)6-10-17)18(21)22-11-2-12-23-16-7-3-14(19)4-8-16/h3-10,13,19-20H,2,11-12H2,1H3. The van der Waals surface area contributed by atoms with Crippen molar-refractivity contribution in [2.45, 2.75) is 28.4 Å². The third-order valence-electron chi connectivity index (χ3n) is 3.12. The lowest BCUT2D eigenvalue weighted by Gasteiger charge is -2.11. The zero-order valence-electron chi connectivity index (χ0n) is 13.3. The van der Waals surface area contributed by atoms with E-state index in [4.69, 9.17) is 4.74 Å². The summed E-state index contributed by atoms with van der Waals surface area (Å²) in [6.07, 6.45) is 0.772. The monoisotopic (exact) mass is 364 g/mol. The Bertz CT molecular complexity index is 641. The van der Waals surface area contributed by atoms with Gasteiger partial charge in [-0.25, -0.2) is 0 Å². The second-order valence-corrected chi connectivity index (χ2v) is 7.70. The molecule has 0 aliphatic rings. The van der Waals surface area contributed by atoms with Crippen molar-refractivity contribution in [2.24, 2.45) is 0 Å². The molecule has 2 N–H and O–H groups in total. The number of rotatable bonds is 8. The lowest BCUT2D eigenvalue weighted by atomic mass is 10.3. The smallest absolute Gasteiger partial charge is 0.319 e. The minimum absolute atomic E-state index is 0.209. The first-order chi connectivity index (χ1) is 11.5. The Balaban J connectivity index is 1.63. The maximum atomic E-state index is 12.0. The van der Waals surface area contributed by atoms with Crippen molar-refractivity contribution in [2.75, 3.05) is 12.4 Å². The molecule has 2 aromatic carbocycles. The van der Waals surface area contributed by atoms with E-state index in [2.05, 4.69) is 0 Å². The Morgan fingerprint density at radius 2 is 1.54 bits per heavy atom. The lowest BCUT2D eigenvalue weighted by molar-refractivity contribution is -0.142. The molecule has 0 bridgehead atoms. The van der Waals surface area contributed by atoms with E-state index in [0.717, 1.165) is 22.0 Å². The number of ether oxygens (including phenoxy) is 1. The minimum atomic E-state index is -0.292. The molecule has 0 spiro atoms. The van der Waals surface area contributed by atoms with Gasteiger partial charge in [0.1, 0.15) is 16.7 Å². The molecule has 0 aliphatic carbocycles. The van der Waals surface area contributed by atoms with E-state index in [9.17, 15) is 15.0 Å². The minimum Gasteiger partial charge on any atom is -0.508 e. The van der Waals surface area contributed by atoms with Gasteiger partial charge in [0.15, 0.2) is 0 Å². The molecule has 0 fully saturated rings. The van der Waals surface area contributed by atoms with E-state index < -0.39 is 0 Å². The molecule has 1 unspecified atom stereocenters. The molecule has 2 aromatic rings. The number of benzene rings is 2. The Hall–Kier alpha value is -1.79. The highest BCUT2D eigenvalue weighted by Gasteiger charge is 2.15. The number of hydrogen-bond acceptors (Lipinski definition) is 6. The average Bonchev–Trinajstić information content (AvgIpc) is 2.58. The Kier molecular flexibility index (Phi) is 7.34. The molecule has 2 rings (SSSR count). The van der Waals surface area contributed by atoms with Gasteiger partial charge in [-0.2, -0.15) is 0 Å². The predicted molar refractivity (Wildman–Crippen MR) is 97.8 cm³/mol. The molecule has 0 radical (unpaired) electrons. The van der Waals surface area contributed by atoms with Gasteiger partial charge in [0.25, 0.3) is 0 Å². The van der Waals surface area contributed by atoms with Crippen LogP contribution in [-0.2, 0) is 9.53 Å². The zero-order chi connectivity index (χ0) is 17.4. The molecule has 0 aromatic heterocycles. The first-order valence-electron chi connectivity index (χ1n) is 7.59. The molecule has 0 saturated carbocycles. The van der Waals surface area contributed by atoms with Crippen molar-refractivity contribution < 1.29 is 19.7 Å². The number of phenols is 2.